The van der Waals surface area contributed by atoms with Crippen LogP contribution in [0.4, 0.5) is 4.39 Å². The van der Waals surface area contributed by atoms with Crippen LogP contribution < -0.4 is 10.1 Å². The van der Waals surface area contributed by atoms with Gasteiger partial charge in [-0.15, -0.1) is 5.10 Å². The smallest absolute Gasteiger partial charge is 0.238 e. The number of aromatic nitrogens is 2. The minimum atomic E-state index is -0.298. The number of hydrogen-bond acceptors (Lipinski definition) is 4. The third-order valence-electron chi connectivity index (χ3n) is 2.42. The minimum Gasteiger partial charge on any atom is -0.438 e. The molecule has 1 aromatic carbocycles. The van der Waals surface area contributed by atoms with Gasteiger partial charge < -0.3 is 10.1 Å². The van der Waals surface area contributed by atoms with Gasteiger partial charge in [0.2, 0.25) is 5.88 Å². The van der Waals surface area contributed by atoms with Crippen molar-refractivity contribution in [1.29, 1.82) is 0 Å². The molecule has 0 radical (unpaired) electrons. The average molecular weight is 261 g/mol. The van der Waals surface area contributed by atoms with E-state index in [1.807, 2.05) is 6.07 Å². The number of ether oxygens (including phenoxy) is 1. The lowest BCUT2D eigenvalue weighted by Crippen LogP contribution is -2.22. The fourth-order valence-electron chi connectivity index (χ4n) is 1.43. The zero-order valence-electron chi connectivity index (χ0n) is 10.9. The Bertz CT molecular complexity index is 511. The highest BCUT2D eigenvalue weighted by Gasteiger charge is 2.02. The van der Waals surface area contributed by atoms with E-state index in [2.05, 4.69) is 29.4 Å². The first-order valence-corrected chi connectivity index (χ1v) is 6.13. The van der Waals surface area contributed by atoms with Gasteiger partial charge in [-0.05, 0) is 30.3 Å². The largest absolute Gasteiger partial charge is 0.438 e. The van der Waals surface area contributed by atoms with Gasteiger partial charge >= 0.3 is 0 Å². The molecular weight excluding hydrogens is 245 g/mol. The van der Waals surface area contributed by atoms with Crippen LogP contribution in [0, 0.1) is 5.82 Å². The maximum atomic E-state index is 12.7. The molecule has 0 aliphatic rings. The van der Waals surface area contributed by atoms with E-state index in [9.17, 15) is 4.39 Å². The molecule has 0 unspecified atom stereocenters. The summed E-state index contributed by atoms with van der Waals surface area (Å²) in [7, 11) is 0. The number of nitrogens with one attached hydrogen (secondary N) is 1. The molecule has 2 aromatic rings. The molecule has 0 bridgehead atoms. The molecule has 1 aromatic heterocycles. The lowest BCUT2D eigenvalue weighted by molar-refractivity contribution is 0.451. The molecule has 100 valence electrons. The standard InChI is InChI=1S/C14H16FN3O/c1-10(2)16-9-12-5-8-14(18-17-12)19-13-6-3-11(15)4-7-13/h3-8,10,16H,9H2,1-2H3. The molecule has 0 fully saturated rings. The van der Waals surface area contributed by atoms with Crippen LogP contribution in [-0.2, 0) is 6.54 Å². The van der Waals surface area contributed by atoms with E-state index in [0.717, 1.165) is 5.69 Å². The Morgan fingerprint density at radius 3 is 2.42 bits per heavy atom. The lowest BCUT2D eigenvalue weighted by atomic mass is 10.3. The van der Waals surface area contributed by atoms with Crippen LogP contribution in [0.25, 0.3) is 0 Å². The molecule has 2 rings (SSSR count). The van der Waals surface area contributed by atoms with Gasteiger partial charge in [0.05, 0.1) is 5.69 Å². The number of hydrogen-bond donors (Lipinski definition) is 1. The van der Waals surface area contributed by atoms with E-state index in [4.69, 9.17) is 4.74 Å². The molecule has 0 atom stereocenters. The van der Waals surface area contributed by atoms with Crippen molar-refractivity contribution >= 4 is 0 Å². The molecule has 19 heavy (non-hydrogen) atoms. The minimum absolute atomic E-state index is 0.298. The van der Waals surface area contributed by atoms with E-state index < -0.39 is 0 Å². The second kappa shape index (κ2) is 6.24. The summed E-state index contributed by atoms with van der Waals surface area (Å²) in [6.07, 6.45) is 0. The Morgan fingerprint density at radius 1 is 1.11 bits per heavy atom. The Kier molecular flexibility index (Phi) is 4.41. The van der Waals surface area contributed by atoms with E-state index in [0.29, 0.717) is 24.2 Å². The monoisotopic (exact) mass is 261 g/mol. The van der Waals surface area contributed by atoms with Crippen LogP contribution in [-0.4, -0.2) is 16.2 Å². The number of benzene rings is 1. The van der Waals surface area contributed by atoms with Gasteiger partial charge in [0.1, 0.15) is 11.6 Å². The van der Waals surface area contributed by atoms with Gasteiger partial charge in [0.25, 0.3) is 0 Å². The molecule has 0 aliphatic carbocycles. The predicted molar refractivity (Wildman–Crippen MR) is 70.5 cm³/mol. The fraction of sp³-hybridized carbons (Fsp3) is 0.286. The number of rotatable bonds is 5. The summed E-state index contributed by atoms with van der Waals surface area (Å²) < 4.78 is 18.2. The quantitative estimate of drug-likeness (QED) is 0.899. The molecular formula is C14H16FN3O. The third-order valence-corrected chi connectivity index (χ3v) is 2.42. The summed E-state index contributed by atoms with van der Waals surface area (Å²) in [5, 5.41) is 11.3. The highest BCUT2D eigenvalue weighted by atomic mass is 19.1. The van der Waals surface area contributed by atoms with Crippen molar-refractivity contribution in [3.8, 4) is 11.6 Å². The number of halogens is 1. The molecule has 0 saturated heterocycles. The molecule has 4 nitrogen and oxygen atoms in total. The van der Waals surface area contributed by atoms with Crippen molar-refractivity contribution in [1.82, 2.24) is 15.5 Å². The van der Waals surface area contributed by atoms with E-state index in [1.54, 1.807) is 18.2 Å². The highest BCUT2D eigenvalue weighted by Crippen LogP contribution is 2.18. The van der Waals surface area contributed by atoms with Crippen molar-refractivity contribution in [2.75, 3.05) is 0 Å². The second-order valence-electron chi connectivity index (χ2n) is 4.45. The summed E-state index contributed by atoms with van der Waals surface area (Å²) in [5.41, 5.74) is 0.847. The summed E-state index contributed by atoms with van der Waals surface area (Å²) in [4.78, 5) is 0. The topological polar surface area (TPSA) is 47.0 Å². The van der Waals surface area contributed by atoms with E-state index in [-0.39, 0.29) is 5.82 Å². The Morgan fingerprint density at radius 2 is 1.84 bits per heavy atom. The first-order chi connectivity index (χ1) is 9.13. The Labute approximate surface area is 111 Å². The molecule has 1 heterocycles. The van der Waals surface area contributed by atoms with E-state index in [1.165, 1.54) is 12.1 Å². The van der Waals surface area contributed by atoms with Crippen LogP contribution in [0.1, 0.15) is 19.5 Å². The number of nitrogens with zero attached hydrogens (tertiary/aromatic N) is 2. The SMILES string of the molecule is CC(C)NCc1ccc(Oc2ccc(F)cc2)nn1. The molecule has 0 spiro atoms. The summed E-state index contributed by atoms with van der Waals surface area (Å²) in [6.45, 7) is 4.81. The summed E-state index contributed by atoms with van der Waals surface area (Å²) >= 11 is 0. The normalized spacial score (nSPS) is 10.7. The maximum Gasteiger partial charge on any atom is 0.238 e. The van der Waals surface area contributed by atoms with E-state index >= 15 is 0 Å². The van der Waals surface area contributed by atoms with Crippen LogP contribution in [0.15, 0.2) is 36.4 Å². The molecule has 1 N–H and O–H groups in total. The van der Waals surface area contributed by atoms with Crippen LogP contribution in [0.3, 0.4) is 0 Å². The van der Waals surface area contributed by atoms with Crippen molar-refractivity contribution in [3.63, 3.8) is 0 Å². The zero-order chi connectivity index (χ0) is 13.7. The predicted octanol–water partition coefficient (Wildman–Crippen LogP) is 2.91. The second-order valence-corrected chi connectivity index (χ2v) is 4.45. The molecule has 5 heteroatoms. The molecule has 0 aliphatic heterocycles. The van der Waals surface area contributed by atoms with Crippen molar-refractivity contribution in [3.05, 3.63) is 47.9 Å². The molecule has 0 amide bonds. The van der Waals surface area contributed by atoms with Gasteiger partial charge in [-0.1, -0.05) is 13.8 Å². The van der Waals surface area contributed by atoms with Gasteiger partial charge in [0.15, 0.2) is 0 Å². The third kappa shape index (κ3) is 4.30. The first-order valence-electron chi connectivity index (χ1n) is 6.13. The summed E-state index contributed by atoms with van der Waals surface area (Å²) in [6, 6.07) is 9.76. The zero-order valence-corrected chi connectivity index (χ0v) is 10.9. The van der Waals surface area contributed by atoms with Gasteiger partial charge in [-0.3, -0.25) is 0 Å². The van der Waals surface area contributed by atoms with Crippen molar-refractivity contribution in [2.24, 2.45) is 0 Å². The van der Waals surface area contributed by atoms with Crippen LogP contribution in [0.2, 0.25) is 0 Å². The molecule has 0 saturated carbocycles. The van der Waals surface area contributed by atoms with Gasteiger partial charge in [0, 0.05) is 18.7 Å². The maximum absolute atomic E-state index is 12.7. The van der Waals surface area contributed by atoms with Gasteiger partial charge in [-0.2, -0.15) is 5.10 Å². The van der Waals surface area contributed by atoms with Crippen molar-refractivity contribution in [2.45, 2.75) is 26.4 Å². The highest BCUT2D eigenvalue weighted by molar-refractivity contribution is 5.26. The van der Waals surface area contributed by atoms with Crippen LogP contribution in [0.5, 0.6) is 11.6 Å². The lowest BCUT2D eigenvalue weighted by Gasteiger charge is -2.07. The van der Waals surface area contributed by atoms with Crippen LogP contribution >= 0.6 is 0 Å². The summed E-state index contributed by atoms with van der Waals surface area (Å²) in [5.74, 6) is 0.622. The average Bonchev–Trinajstić information content (AvgIpc) is 2.40. The Balaban J connectivity index is 1.96. The fourth-order valence-corrected chi connectivity index (χ4v) is 1.43. The van der Waals surface area contributed by atoms with Gasteiger partial charge in [-0.25, -0.2) is 4.39 Å². The van der Waals surface area contributed by atoms with Crippen molar-refractivity contribution < 1.29 is 9.13 Å². The first kappa shape index (κ1) is 13.4. The Hall–Kier alpha value is -2.01.